The van der Waals surface area contributed by atoms with Gasteiger partial charge in [-0.3, -0.25) is 0 Å². The summed E-state index contributed by atoms with van der Waals surface area (Å²) in [7, 11) is 0. The number of hydrogen-bond acceptors (Lipinski definition) is 3. The van der Waals surface area contributed by atoms with Crippen LogP contribution in [0.1, 0.15) is 17.3 Å². The standard InChI is InChI=1S/C13H11FO3/c1-2-17-13(16)9-5-8-6-10(14)3-4-11(8)12(15)7-9/h3-7,15H,2H2,1H3. The Kier molecular flexibility index (Phi) is 2.95. The van der Waals surface area contributed by atoms with Gasteiger partial charge in [-0.15, -0.1) is 0 Å². The molecular formula is C13H11FO3. The summed E-state index contributed by atoms with van der Waals surface area (Å²) >= 11 is 0. The first-order chi connectivity index (χ1) is 8.11. The van der Waals surface area contributed by atoms with Gasteiger partial charge in [-0.05, 0) is 42.6 Å². The molecule has 17 heavy (non-hydrogen) atoms. The van der Waals surface area contributed by atoms with Crippen molar-refractivity contribution in [1.82, 2.24) is 0 Å². The zero-order valence-corrected chi connectivity index (χ0v) is 9.24. The van der Waals surface area contributed by atoms with Crippen molar-refractivity contribution in [1.29, 1.82) is 0 Å². The third-order valence-corrected chi connectivity index (χ3v) is 2.40. The number of aromatic hydroxyl groups is 1. The van der Waals surface area contributed by atoms with Gasteiger partial charge in [0, 0.05) is 5.39 Å². The highest BCUT2D eigenvalue weighted by atomic mass is 19.1. The maximum Gasteiger partial charge on any atom is 0.338 e. The van der Waals surface area contributed by atoms with Crippen LogP contribution in [0.3, 0.4) is 0 Å². The van der Waals surface area contributed by atoms with Crippen LogP contribution < -0.4 is 0 Å². The maximum atomic E-state index is 13.1. The molecule has 3 nitrogen and oxygen atoms in total. The molecule has 0 heterocycles. The molecule has 0 aromatic heterocycles. The lowest BCUT2D eigenvalue weighted by molar-refractivity contribution is 0.0526. The number of halogens is 1. The van der Waals surface area contributed by atoms with Crippen molar-refractivity contribution >= 4 is 16.7 Å². The zero-order chi connectivity index (χ0) is 12.4. The van der Waals surface area contributed by atoms with Crippen molar-refractivity contribution in [2.24, 2.45) is 0 Å². The van der Waals surface area contributed by atoms with E-state index in [2.05, 4.69) is 0 Å². The fraction of sp³-hybridized carbons (Fsp3) is 0.154. The molecule has 4 heteroatoms. The number of benzene rings is 2. The summed E-state index contributed by atoms with van der Waals surface area (Å²) in [6.45, 7) is 1.94. The molecule has 0 bridgehead atoms. The third kappa shape index (κ3) is 2.20. The van der Waals surface area contributed by atoms with Crippen LogP contribution in [-0.4, -0.2) is 17.7 Å². The summed E-state index contributed by atoms with van der Waals surface area (Å²) in [5.41, 5.74) is 0.211. The van der Waals surface area contributed by atoms with E-state index in [1.807, 2.05) is 0 Å². The molecule has 2 rings (SSSR count). The van der Waals surface area contributed by atoms with Gasteiger partial charge in [0.2, 0.25) is 0 Å². The number of carbonyl (C=O) groups is 1. The van der Waals surface area contributed by atoms with Gasteiger partial charge >= 0.3 is 5.97 Å². The molecule has 0 atom stereocenters. The van der Waals surface area contributed by atoms with Crippen LogP contribution in [0.25, 0.3) is 10.8 Å². The average molecular weight is 234 g/mol. The summed E-state index contributed by atoms with van der Waals surface area (Å²) < 4.78 is 17.9. The number of phenolic OH excluding ortho intramolecular Hbond substituents is 1. The minimum Gasteiger partial charge on any atom is -0.507 e. The lowest BCUT2D eigenvalue weighted by Crippen LogP contribution is -2.04. The van der Waals surface area contributed by atoms with Gasteiger partial charge in [-0.2, -0.15) is 0 Å². The van der Waals surface area contributed by atoms with E-state index in [-0.39, 0.29) is 17.9 Å². The smallest absolute Gasteiger partial charge is 0.338 e. The Balaban J connectivity index is 2.57. The van der Waals surface area contributed by atoms with Gasteiger partial charge in [-0.25, -0.2) is 9.18 Å². The summed E-state index contributed by atoms with van der Waals surface area (Å²) in [6, 6.07) is 6.80. The van der Waals surface area contributed by atoms with E-state index in [0.717, 1.165) is 0 Å². The first-order valence-corrected chi connectivity index (χ1v) is 5.21. The Bertz CT molecular complexity index is 578. The SMILES string of the molecule is CCOC(=O)c1cc(O)c2ccc(F)cc2c1. The van der Waals surface area contributed by atoms with Crippen LogP contribution in [0, 0.1) is 5.82 Å². The molecule has 0 amide bonds. The fourth-order valence-electron chi connectivity index (χ4n) is 1.65. The largest absolute Gasteiger partial charge is 0.507 e. The van der Waals surface area contributed by atoms with Crippen LogP contribution in [0.4, 0.5) is 4.39 Å². The summed E-state index contributed by atoms with van der Waals surface area (Å²) in [5.74, 6) is -1.02. The van der Waals surface area contributed by atoms with Crippen LogP contribution in [0.2, 0.25) is 0 Å². The zero-order valence-electron chi connectivity index (χ0n) is 9.24. The highest BCUT2D eigenvalue weighted by molar-refractivity contribution is 5.98. The van der Waals surface area contributed by atoms with Crippen LogP contribution in [-0.2, 0) is 4.74 Å². The van der Waals surface area contributed by atoms with Crippen LogP contribution in [0.15, 0.2) is 30.3 Å². The second kappa shape index (κ2) is 4.41. The number of phenols is 1. The van der Waals surface area contributed by atoms with Gasteiger partial charge in [0.15, 0.2) is 0 Å². The van der Waals surface area contributed by atoms with E-state index < -0.39 is 11.8 Å². The summed E-state index contributed by atoms with van der Waals surface area (Å²) in [6.07, 6.45) is 0. The highest BCUT2D eigenvalue weighted by Crippen LogP contribution is 2.27. The quantitative estimate of drug-likeness (QED) is 0.813. The molecule has 2 aromatic carbocycles. The van der Waals surface area contributed by atoms with Gasteiger partial charge in [-0.1, -0.05) is 0 Å². The molecule has 0 aliphatic heterocycles. The van der Waals surface area contributed by atoms with Gasteiger partial charge in [0.05, 0.1) is 12.2 Å². The Morgan fingerprint density at radius 2 is 2.12 bits per heavy atom. The Hall–Kier alpha value is -2.10. The highest BCUT2D eigenvalue weighted by Gasteiger charge is 2.11. The lowest BCUT2D eigenvalue weighted by Gasteiger charge is -2.06. The van der Waals surface area contributed by atoms with Crippen molar-refractivity contribution in [3.05, 3.63) is 41.7 Å². The first kappa shape index (κ1) is 11.4. The molecule has 0 saturated carbocycles. The lowest BCUT2D eigenvalue weighted by atomic mass is 10.1. The second-order valence-electron chi connectivity index (χ2n) is 3.58. The van der Waals surface area contributed by atoms with E-state index >= 15 is 0 Å². The average Bonchev–Trinajstić information content (AvgIpc) is 2.28. The molecule has 0 unspecified atom stereocenters. The van der Waals surface area contributed by atoms with Gasteiger partial charge in [0.25, 0.3) is 0 Å². The molecule has 88 valence electrons. The number of ether oxygens (including phenoxy) is 1. The third-order valence-electron chi connectivity index (χ3n) is 2.40. The Labute approximate surface area is 97.4 Å². The van der Waals surface area contributed by atoms with Crippen molar-refractivity contribution in [3.8, 4) is 5.75 Å². The van der Waals surface area contributed by atoms with Crippen LogP contribution in [0.5, 0.6) is 5.75 Å². The minimum absolute atomic E-state index is 0.0643. The maximum absolute atomic E-state index is 13.1. The Morgan fingerprint density at radius 1 is 1.35 bits per heavy atom. The molecule has 0 aliphatic carbocycles. The van der Waals surface area contributed by atoms with Crippen molar-refractivity contribution in [3.63, 3.8) is 0 Å². The predicted octanol–water partition coefficient (Wildman–Crippen LogP) is 2.86. The summed E-state index contributed by atoms with van der Waals surface area (Å²) in [5, 5.41) is 10.7. The van der Waals surface area contributed by atoms with E-state index in [4.69, 9.17) is 4.74 Å². The topological polar surface area (TPSA) is 46.5 Å². The fourth-order valence-corrected chi connectivity index (χ4v) is 1.65. The van der Waals surface area contributed by atoms with Gasteiger partial charge in [0.1, 0.15) is 11.6 Å². The number of hydrogen-bond donors (Lipinski definition) is 1. The molecular weight excluding hydrogens is 223 g/mol. The second-order valence-corrected chi connectivity index (χ2v) is 3.58. The number of esters is 1. The molecule has 0 radical (unpaired) electrons. The predicted molar refractivity (Wildman–Crippen MR) is 61.5 cm³/mol. The van der Waals surface area contributed by atoms with E-state index in [9.17, 15) is 14.3 Å². The Morgan fingerprint density at radius 3 is 2.82 bits per heavy atom. The van der Waals surface area contributed by atoms with Crippen LogP contribution >= 0.6 is 0 Å². The van der Waals surface area contributed by atoms with E-state index in [1.165, 1.54) is 30.3 Å². The molecule has 0 aliphatic rings. The molecule has 0 spiro atoms. The van der Waals surface area contributed by atoms with Crippen molar-refractivity contribution in [2.75, 3.05) is 6.61 Å². The van der Waals surface area contributed by atoms with E-state index in [1.54, 1.807) is 6.92 Å². The molecule has 2 aromatic rings. The first-order valence-electron chi connectivity index (χ1n) is 5.21. The monoisotopic (exact) mass is 234 g/mol. The molecule has 0 saturated heterocycles. The van der Waals surface area contributed by atoms with Crippen molar-refractivity contribution < 1.29 is 19.0 Å². The number of carbonyl (C=O) groups excluding carboxylic acids is 1. The number of fused-ring (bicyclic) bond motifs is 1. The van der Waals surface area contributed by atoms with Crippen molar-refractivity contribution in [2.45, 2.75) is 6.92 Å². The number of rotatable bonds is 2. The molecule has 0 fully saturated rings. The van der Waals surface area contributed by atoms with Gasteiger partial charge < -0.3 is 9.84 Å². The minimum atomic E-state index is -0.533. The molecule has 1 N–H and O–H groups in total. The normalized spacial score (nSPS) is 10.5. The summed E-state index contributed by atoms with van der Waals surface area (Å²) in [4.78, 5) is 11.5. The van der Waals surface area contributed by atoms with E-state index in [0.29, 0.717) is 10.8 Å².